The quantitative estimate of drug-likeness (QED) is 0.468. The van der Waals surface area contributed by atoms with Gasteiger partial charge in [-0.25, -0.2) is 0 Å². The minimum atomic E-state index is -0.676. The molecule has 0 amide bonds. The fourth-order valence-electron chi connectivity index (χ4n) is 1.12. The summed E-state index contributed by atoms with van der Waals surface area (Å²) in [6.45, 7) is 3.80. The lowest BCUT2D eigenvalue weighted by atomic mass is 10.2. The molecule has 0 aliphatic rings. The Morgan fingerprint density at radius 1 is 1.31 bits per heavy atom. The molecule has 1 aromatic carbocycles. The Bertz CT molecular complexity index is 444. The molecule has 0 heterocycles. The Labute approximate surface area is 90.7 Å². The molecule has 84 valence electrons. The number of non-ortho nitro benzene ring substituents is 1. The predicted octanol–water partition coefficient (Wildman–Crippen LogP) is 2.10. The number of anilines is 1. The number of hydrogen-bond acceptors (Lipinski definition) is 5. The van der Waals surface area contributed by atoms with Crippen LogP contribution >= 0.6 is 0 Å². The van der Waals surface area contributed by atoms with E-state index in [0.29, 0.717) is 6.54 Å². The van der Waals surface area contributed by atoms with Crippen LogP contribution in [0.4, 0.5) is 17.1 Å². The van der Waals surface area contributed by atoms with E-state index in [1.54, 1.807) is 0 Å². The van der Waals surface area contributed by atoms with E-state index >= 15 is 0 Å². The maximum atomic E-state index is 10.7. The lowest BCUT2D eigenvalue weighted by molar-refractivity contribution is -0.393. The van der Waals surface area contributed by atoms with Gasteiger partial charge in [-0.2, -0.15) is 0 Å². The van der Waals surface area contributed by atoms with E-state index in [2.05, 4.69) is 11.9 Å². The second kappa shape index (κ2) is 4.87. The first kappa shape index (κ1) is 11.6. The molecular weight excluding hydrogens is 214 g/mol. The van der Waals surface area contributed by atoms with Gasteiger partial charge in [0.2, 0.25) is 0 Å². The van der Waals surface area contributed by atoms with Gasteiger partial charge in [-0.1, -0.05) is 6.08 Å². The number of hydrogen-bond donors (Lipinski definition) is 1. The predicted molar refractivity (Wildman–Crippen MR) is 58.4 cm³/mol. The summed E-state index contributed by atoms with van der Waals surface area (Å²) in [5.74, 6) is 0. The Balaban J connectivity index is 3.13. The van der Waals surface area contributed by atoms with Crippen molar-refractivity contribution in [2.75, 3.05) is 11.9 Å². The Morgan fingerprint density at radius 2 is 2.00 bits per heavy atom. The molecule has 1 rings (SSSR count). The number of nitrogens with zero attached hydrogens (tertiary/aromatic N) is 2. The van der Waals surface area contributed by atoms with Crippen LogP contribution in [0, 0.1) is 20.2 Å². The second-order valence-corrected chi connectivity index (χ2v) is 2.89. The van der Waals surface area contributed by atoms with Crippen molar-refractivity contribution < 1.29 is 9.85 Å². The summed E-state index contributed by atoms with van der Waals surface area (Å²) in [6.07, 6.45) is 1.53. The highest BCUT2D eigenvalue weighted by Crippen LogP contribution is 2.28. The summed E-state index contributed by atoms with van der Waals surface area (Å²) in [7, 11) is 0. The minimum absolute atomic E-state index is 0.232. The van der Waals surface area contributed by atoms with Crippen molar-refractivity contribution in [1.82, 2.24) is 0 Å². The monoisotopic (exact) mass is 223 g/mol. The highest BCUT2D eigenvalue weighted by atomic mass is 16.6. The molecule has 0 saturated carbocycles. The average Bonchev–Trinajstić information content (AvgIpc) is 2.25. The average molecular weight is 223 g/mol. The molecule has 0 radical (unpaired) electrons. The SMILES string of the molecule is C=CCNc1ccc([N+](=O)[O-])cc1[N+](=O)[O-]. The van der Waals surface area contributed by atoms with E-state index in [1.807, 2.05) is 0 Å². The molecule has 0 unspecified atom stereocenters. The Kier molecular flexibility index (Phi) is 3.54. The summed E-state index contributed by atoms with van der Waals surface area (Å²) in [5.41, 5.74) is -0.401. The molecule has 1 N–H and O–H groups in total. The van der Waals surface area contributed by atoms with E-state index in [4.69, 9.17) is 0 Å². The van der Waals surface area contributed by atoms with Crippen LogP contribution in [-0.4, -0.2) is 16.4 Å². The summed E-state index contributed by atoms with van der Waals surface area (Å²) in [5, 5.41) is 23.9. The van der Waals surface area contributed by atoms with Gasteiger partial charge < -0.3 is 5.32 Å². The second-order valence-electron chi connectivity index (χ2n) is 2.89. The molecule has 0 aliphatic heterocycles. The number of rotatable bonds is 5. The van der Waals surface area contributed by atoms with E-state index < -0.39 is 9.85 Å². The van der Waals surface area contributed by atoms with Gasteiger partial charge in [-0.15, -0.1) is 6.58 Å². The van der Waals surface area contributed by atoms with Gasteiger partial charge in [0.15, 0.2) is 0 Å². The third kappa shape index (κ3) is 2.53. The summed E-state index contributed by atoms with van der Waals surface area (Å²) < 4.78 is 0. The fourth-order valence-corrected chi connectivity index (χ4v) is 1.12. The number of nitro benzene ring substituents is 2. The van der Waals surface area contributed by atoms with Crippen molar-refractivity contribution in [3.8, 4) is 0 Å². The van der Waals surface area contributed by atoms with Crippen molar-refractivity contribution in [2.24, 2.45) is 0 Å². The summed E-state index contributed by atoms with van der Waals surface area (Å²) in [6, 6.07) is 3.43. The standard InChI is InChI=1S/C9H9N3O4/c1-2-5-10-8-4-3-7(11(13)14)6-9(8)12(15)16/h2-4,6,10H,1,5H2. The van der Waals surface area contributed by atoms with Crippen LogP contribution < -0.4 is 5.32 Å². The van der Waals surface area contributed by atoms with Crippen LogP contribution in [-0.2, 0) is 0 Å². The topological polar surface area (TPSA) is 98.3 Å². The first-order valence-electron chi connectivity index (χ1n) is 4.34. The van der Waals surface area contributed by atoms with Crippen LogP contribution in [0.2, 0.25) is 0 Å². The molecule has 16 heavy (non-hydrogen) atoms. The van der Waals surface area contributed by atoms with Gasteiger partial charge in [-0.05, 0) is 6.07 Å². The van der Waals surface area contributed by atoms with Crippen molar-refractivity contribution in [1.29, 1.82) is 0 Å². The lowest BCUT2D eigenvalue weighted by Gasteiger charge is -2.03. The molecule has 0 atom stereocenters. The number of nitro groups is 2. The molecule has 0 bridgehead atoms. The first-order chi connectivity index (χ1) is 7.56. The normalized spacial score (nSPS) is 9.50. The van der Waals surface area contributed by atoms with Gasteiger partial charge in [0.25, 0.3) is 11.4 Å². The van der Waals surface area contributed by atoms with Crippen LogP contribution in [0.5, 0.6) is 0 Å². The molecule has 0 aliphatic carbocycles. The van der Waals surface area contributed by atoms with Crippen molar-refractivity contribution in [2.45, 2.75) is 0 Å². The van der Waals surface area contributed by atoms with Gasteiger partial charge in [0.1, 0.15) is 5.69 Å². The van der Waals surface area contributed by atoms with Crippen molar-refractivity contribution >= 4 is 17.1 Å². The van der Waals surface area contributed by atoms with Crippen molar-refractivity contribution in [3.63, 3.8) is 0 Å². The first-order valence-corrected chi connectivity index (χ1v) is 4.34. The zero-order valence-electron chi connectivity index (χ0n) is 8.25. The molecular formula is C9H9N3O4. The molecule has 0 fully saturated rings. The van der Waals surface area contributed by atoms with Crippen LogP contribution in [0.15, 0.2) is 30.9 Å². The van der Waals surface area contributed by atoms with Crippen molar-refractivity contribution in [3.05, 3.63) is 51.1 Å². The van der Waals surface area contributed by atoms with E-state index in [0.717, 1.165) is 6.07 Å². The van der Waals surface area contributed by atoms with E-state index in [-0.39, 0.29) is 17.1 Å². The van der Waals surface area contributed by atoms with Crippen LogP contribution in [0.25, 0.3) is 0 Å². The molecule has 0 spiro atoms. The highest BCUT2D eigenvalue weighted by molar-refractivity contribution is 5.65. The number of nitrogens with one attached hydrogen (secondary N) is 1. The largest absolute Gasteiger partial charge is 0.376 e. The van der Waals surface area contributed by atoms with E-state index in [9.17, 15) is 20.2 Å². The van der Waals surface area contributed by atoms with Gasteiger partial charge in [0.05, 0.1) is 15.9 Å². The third-order valence-corrected chi connectivity index (χ3v) is 1.83. The van der Waals surface area contributed by atoms with Crippen LogP contribution in [0.1, 0.15) is 0 Å². The fraction of sp³-hybridized carbons (Fsp3) is 0.111. The molecule has 0 saturated heterocycles. The molecule has 1 aromatic rings. The summed E-state index contributed by atoms with van der Waals surface area (Å²) in [4.78, 5) is 19.8. The van der Waals surface area contributed by atoms with E-state index in [1.165, 1.54) is 18.2 Å². The zero-order valence-corrected chi connectivity index (χ0v) is 8.25. The molecule has 7 nitrogen and oxygen atoms in total. The van der Waals surface area contributed by atoms with Gasteiger partial charge >= 0.3 is 0 Å². The molecule has 0 aromatic heterocycles. The maximum absolute atomic E-state index is 10.7. The minimum Gasteiger partial charge on any atom is -0.376 e. The Hall–Kier alpha value is -2.44. The molecule has 7 heteroatoms. The highest BCUT2D eigenvalue weighted by Gasteiger charge is 2.18. The zero-order chi connectivity index (χ0) is 12.1. The van der Waals surface area contributed by atoms with Gasteiger partial charge in [-0.3, -0.25) is 20.2 Å². The Morgan fingerprint density at radius 3 is 2.50 bits per heavy atom. The third-order valence-electron chi connectivity index (χ3n) is 1.83. The number of benzene rings is 1. The smallest absolute Gasteiger partial charge is 0.299 e. The summed E-state index contributed by atoms with van der Waals surface area (Å²) >= 11 is 0. The van der Waals surface area contributed by atoms with Gasteiger partial charge in [0, 0.05) is 12.6 Å². The van der Waals surface area contributed by atoms with Crippen LogP contribution in [0.3, 0.4) is 0 Å². The lowest BCUT2D eigenvalue weighted by Crippen LogP contribution is -2.02. The maximum Gasteiger partial charge on any atom is 0.299 e.